The minimum atomic E-state index is -3.72. The number of hydrogen-bond acceptors (Lipinski definition) is 4. The summed E-state index contributed by atoms with van der Waals surface area (Å²) in [5.41, 5.74) is 0.563. The minimum Gasteiger partial charge on any atom is -0.495 e. The van der Waals surface area contributed by atoms with Gasteiger partial charge >= 0.3 is 0 Å². The van der Waals surface area contributed by atoms with Crippen molar-refractivity contribution in [3.8, 4) is 11.5 Å². The SMILES string of the molecule is CCOc1ccc(N(CC)S(=O)(=O)c2ccc(OC)c(Cl)c2)cc1. The van der Waals surface area contributed by atoms with Crippen molar-refractivity contribution in [2.75, 3.05) is 24.6 Å². The number of sulfonamides is 1. The van der Waals surface area contributed by atoms with Gasteiger partial charge in [0.25, 0.3) is 10.0 Å². The van der Waals surface area contributed by atoms with E-state index in [4.69, 9.17) is 21.1 Å². The first-order valence-electron chi connectivity index (χ1n) is 7.53. The zero-order valence-corrected chi connectivity index (χ0v) is 15.4. The summed E-state index contributed by atoms with van der Waals surface area (Å²) < 4.78 is 37.6. The standard InChI is InChI=1S/C17H20ClNO4S/c1-4-19(13-6-8-14(9-7-13)23-5-2)24(20,21)15-10-11-17(22-3)16(18)12-15/h6-12H,4-5H2,1-3H3. The highest BCUT2D eigenvalue weighted by Crippen LogP contribution is 2.30. The van der Waals surface area contributed by atoms with Gasteiger partial charge in [-0.25, -0.2) is 8.42 Å². The summed E-state index contributed by atoms with van der Waals surface area (Å²) in [5.74, 6) is 1.13. The summed E-state index contributed by atoms with van der Waals surface area (Å²) in [6.07, 6.45) is 0. The van der Waals surface area contributed by atoms with E-state index in [0.29, 0.717) is 30.3 Å². The third kappa shape index (κ3) is 3.76. The van der Waals surface area contributed by atoms with E-state index < -0.39 is 10.0 Å². The van der Waals surface area contributed by atoms with Crippen molar-refractivity contribution >= 4 is 27.3 Å². The Labute approximate surface area is 147 Å². The predicted octanol–water partition coefficient (Wildman–Crippen LogP) is 3.96. The molecular formula is C17H20ClNO4S. The lowest BCUT2D eigenvalue weighted by Crippen LogP contribution is -2.30. The van der Waals surface area contributed by atoms with Gasteiger partial charge in [-0.15, -0.1) is 0 Å². The fourth-order valence-electron chi connectivity index (χ4n) is 2.30. The molecule has 0 bridgehead atoms. The van der Waals surface area contributed by atoms with Gasteiger partial charge in [-0.2, -0.15) is 0 Å². The maximum absolute atomic E-state index is 12.9. The molecule has 0 spiro atoms. The highest BCUT2D eigenvalue weighted by Gasteiger charge is 2.24. The van der Waals surface area contributed by atoms with Crippen LogP contribution in [0.15, 0.2) is 47.4 Å². The maximum Gasteiger partial charge on any atom is 0.264 e. The molecule has 0 unspecified atom stereocenters. The molecule has 0 heterocycles. The summed E-state index contributed by atoms with van der Waals surface area (Å²) in [6, 6.07) is 11.4. The Bertz CT molecular complexity index is 791. The molecule has 0 atom stereocenters. The third-order valence-corrected chi connectivity index (χ3v) is 5.63. The predicted molar refractivity (Wildman–Crippen MR) is 95.8 cm³/mol. The zero-order chi connectivity index (χ0) is 17.7. The van der Waals surface area contributed by atoms with Gasteiger partial charge in [-0.1, -0.05) is 11.6 Å². The van der Waals surface area contributed by atoms with E-state index in [-0.39, 0.29) is 9.92 Å². The second kappa shape index (κ2) is 7.77. The van der Waals surface area contributed by atoms with Crippen LogP contribution in [-0.2, 0) is 10.0 Å². The molecule has 5 nitrogen and oxygen atoms in total. The van der Waals surface area contributed by atoms with Gasteiger partial charge in [0, 0.05) is 6.54 Å². The average molecular weight is 370 g/mol. The van der Waals surface area contributed by atoms with E-state index in [1.54, 1.807) is 37.3 Å². The molecule has 0 saturated carbocycles. The van der Waals surface area contributed by atoms with Crippen LogP contribution < -0.4 is 13.8 Å². The van der Waals surface area contributed by atoms with Crippen molar-refractivity contribution in [3.63, 3.8) is 0 Å². The van der Waals surface area contributed by atoms with Crippen LogP contribution in [-0.4, -0.2) is 28.7 Å². The maximum atomic E-state index is 12.9. The Kier molecular flexibility index (Phi) is 5.96. The molecule has 0 N–H and O–H groups in total. The van der Waals surface area contributed by atoms with Gasteiger partial charge in [0.1, 0.15) is 11.5 Å². The van der Waals surface area contributed by atoms with Crippen molar-refractivity contribution in [1.29, 1.82) is 0 Å². The van der Waals surface area contributed by atoms with E-state index in [9.17, 15) is 8.42 Å². The molecule has 0 aromatic heterocycles. The highest BCUT2D eigenvalue weighted by molar-refractivity contribution is 7.92. The summed E-state index contributed by atoms with van der Waals surface area (Å²) in [4.78, 5) is 0.115. The fraction of sp³-hybridized carbons (Fsp3) is 0.294. The Balaban J connectivity index is 2.39. The second-order valence-corrected chi connectivity index (χ2v) is 7.16. The molecule has 0 aliphatic carbocycles. The van der Waals surface area contributed by atoms with Crippen molar-refractivity contribution in [2.45, 2.75) is 18.7 Å². The Hall–Kier alpha value is -1.92. The molecule has 2 rings (SSSR count). The molecule has 0 radical (unpaired) electrons. The number of halogens is 1. The first-order valence-corrected chi connectivity index (χ1v) is 9.35. The minimum absolute atomic E-state index is 0.115. The van der Waals surface area contributed by atoms with Gasteiger partial charge in [-0.05, 0) is 56.3 Å². The van der Waals surface area contributed by atoms with Crippen LogP contribution >= 0.6 is 11.6 Å². The van der Waals surface area contributed by atoms with Crippen LogP contribution in [0.1, 0.15) is 13.8 Å². The lowest BCUT2D eigenvalue weighted by Gasteiger charge is -2.23. The van der Waals surface area contributed by atoms with E-state index in [1.807, 2.05) is 6.92 Å². The molecular weight excluding hydrogens is 350 g/mol. The number of nitrogens with zero attached hydrogens (tertiary/aromatic N) is 1. The highest BCUT2D eigenvalue weighted by atomic mass is 35.5. The number of anilines is 1. The van der Waals surface area contributed by atoms with Crippen LogP contribution in [0.3, 0.4) is 0 Å². The second-order valence-electron chi connectivity index (χ2n) is 4.89. The average Bonchev–Trinajstić information content (AvgIpc) is 2.57. The largest absolute Gasteiger partial charge is 0.495 e. The Morgan fingerprint density at radius 3 is 2.25 bits per heavy atom. The lowest BCUT2D eigenvalue weighted by molar-refractivity contribution is 0.340. The molecule has 24 heavy (non-hydrogen) atoms. The molecule has 7 heteroatoms. The number of methoxy groups -OCH3 is 1. The van der Waals surface area contributed by atoms with Crippen molar-refractivity contribution < 1.29 is 17.9 Å². The van der Waals surface area contributed by atoms with E-state index in [1.165, 1.54) is 23.5 Å². The van der Waals surface area contributed by atoms with E-state index >= 15 is 0 Å². The molecule has 130 valence electrons. The van der Waals surface area contributed by atoms with Gasteiger partial charge in [0.15, 0.2) is 0 Å². The number of hydrogen-bond donors (Lipinski definition) is 0. The van der Waals surface area contributed by atoms with Crippen LogP contribution in [0.25, 0.3) is 0 Å². The monoisotopic (exact) mass is 369 g/mol. The molecule has 0 aliphatic rings. The molecule has 0 fully saturated rings. The molecule has 0 saturated heterocycles. The molecule has 0 amide bonds. The first kappa shape index (κ1) is 18.4. The molecule has 2 aromatic rings. The van der Waals surface area contributed by atoms with Gasteiger partial charge in [0.2, 0.25) is 0 Å². The van der Waals surface area contributed by atoms with Gasteiger partial charge in [0.05, 0.1) is 29.3 Å². The number of ether oxygens (including phenoxy) is 2. The Morgan fingerprint density at radius 1 is 1.08 bits per heavy atom. The number of rotatable bonds is 7. The van der Waals surface area contributed by atoms with Crippen LogP contribution in [0.5, 0.6) is 11.5 Å². The fourth-order valence-corrected chi connectivity index (χ4v) is 4.12. The third-order valence-electron chi connectivity index (χ3n) is 3.43. The number of benzene rings is 2. The van der Waals surface area contributed by atoms with Crippen LogP contribution in [0.2, 0.25) is 5.02 Å². The van der Waals surface area contributed by atoms with E-state index in [2.05, 4.69) is 0 Å². The summed E-state index contributed by atoms with van der Waals surface area (Å²) in [7, 11) is -2.24. The van der Waals surface area contributed by atoms with Crippen LogP contribution in [0.4, 0.5) is 5.69 Å². The summed E-state index contributed by atoms with van der Waals surface area (Å²) in [5, 5.41) is 0.251. The quantitative estimate of drug-likeness (QED) is 0.741. The van der Waals surface area contributed by atoms with Crippen molar-refractivity contribution in [1.82, 2.24) is 0 Å². The molecule has 0 aliphatic heterocycles. The summed E-state index contributed by atoms with van der Waals surface area (Å²) in [6.45, 7) is 4.52. The lowest BCUT2D eigenvalue weighted by atomic mass is 10.3. The summed E-state index contributed by atoms with van der Waals surface area (Å²) >= 11 is 6.06. The smallest absolute Gasteiger partial charge is 0.264 e. The first-order chi connectivity index (χ1) is 11.4. The normalized spacial score (nSPS) is 11.2. The van der Waals surface area contributed by atoms with E-state index in [0.717, 1.165) is 0 Å². The van der Waals surface area contributed by atoms with Gasteiger partial charge < -0.3 is 9.47 Å². The van der Waals surface area contributed by atoms with Gasteiger partial charge in [-0.3, -0.25) is 4.31 Å². The van der Waals surface area contributed by atoms with Crippen LogP contribution in [0, 0.1) is 0 Å². The Morgan fingerprint density at radius 2 is 1.75 bits per heavy atom. The topological polar surface area (TPSA) is 55.8 Å². The molecule has 2 aromatic carbocycles. The zero-order valence-electron chi connectivity index (χ0n) is 13.8. The van der Waals surface area contributed by atoms with Crippen molar-refractivity contribution in [3.05, 3.63) is 47.5 Å². The van der Waals surface area contributed by atoms with Crippen molar-refractivity contribution in [2.24, 2.45) is 0 Å².